The molecule has 2 rings (SSSR count). The van der Waals surface area contributed by atoms with Gasteiger partial charge >= 0.3 is 0 Å². The Hall–Kier alpha value is -1.22. The van der Waals surface area contributed by atoms with E-state index in [1.165, 1.54) is 0 Å². The van der Waals surface area contributed by atoms with Gasteiger partial charge < -0.3 is 9.32 Å². The van der Waals surface area contributed by atoms with Gasteiger partial charge in [0.25, 0.3) is 0 Å². The fourth-order valence-electron chi connectivity index (χ4n) is 1.91. The van der Waals surface area contributed by atoms with Crippen LogP contribution in [0.5, 0.6) is 0 Å². The zero-order valence-corrected chi connectivity index (χ0v) is 10.8. The predicted molar refractivity (Wildman–Crippen MR) is 71.9 cm³/mol. The molecule has 0 spiro atoms. The molecular weight excluding hydrogens is 236 g/mol. The Bertz CT molecular complexity index is 469. The van der Waals surface area contributed by atoms with Gasteiger partial charge in [-0.05, 0) is 25.0 Å². The average Bonchev–Trinajstić information content (AvgIpc) is 2.82. The van der Waals surface area contributed by atoms with E-state index in [2.05, 4.69) is 16.9 Å². The summed E-state index contributed by atoms with van der Waals surface area (Å²) < 4.78 is 5.37. The summed E-state index contributed by atoms with van der Waals surface area (Å²) in [6.45, 7) is 0.994. The lowest BCUT2D eigenvalue weighted by molar-refractivity contribution is 0.615. The lowest BCUT2D eigenvalue weighted by Crippen LogP contribution is -2.19. The zero-order chi connectivity index (χ0) is 12.1. The van der Waals surface area contributed by atoms with Crippen LogP contribution in [0.4, 0.5) is 5.82 Å². The number of nitrogens with zero attached hydrogens (tertiary/aromatic N) is 2. The van der Waals surface area contributed by atoms with Gasteiger partial charge in [-0.15, -0.1) is 11.6 Å². The number of furan rings is 1. The summed E-state index contributed by atoms with van der Waals surface area (Å²) in [5.74, 6) is 1.74. The summed E-state index contributed by atoms with van der Waals surface area (Å²) in [4.78, 5) is 6.59. The number of alkyl halides is 1. The van der Waals surface area contributed by atoms with E-state index in [-0.39, 0.29) is 0 Å². The maximum Gasteiger partial charge on any atom is 0.139 e. The first-order valence-corrected chi connectivity index (χ1v) is 6.45. The number of hydrogen-bond donors (Lipinski definition) is 0. The quantitative estimate of drug-likeness (QED) is 0.580. The van der Waals surface area contributed by atoms with Gasteiger partial charge in [-0.1, -0.05) is 6.42 Å². The van der Waals surface area contributed by atoms with E-state index in [4.69, 9.17) is 16.0 Å². The van der Waals surface area contributed by atoms with Crippen LogP contribution in [-0.4, -0.2) is 24.5 Å². The smallest absolute Gasteiger partial charge is 0.139 e. The van der Waals surface area contributed by atoms with Gasteiger partial charge in [-0.25, -0.2) is 4.98 Å². The van der Waals surface area contributed by atoms with Crippen LogP contribution in [0.2, 0.25) is 0 Å². The van der Waals surface area contributed by atoms with E-state index in [1.54, 1.807) is 12.5 Å². The minimum absolute atomic E-state index is 0.749. The third kappa shape index (κ3) is 2.91. The molecule has 4 heteroatoms. The third-order valence-electron chi connectivity index (χ3n) is 2.85. The van der Waals surface area contributed by atoms with Crippen molar-refractivity contribution >= 4 is 28.4 Å². The van der Waals surface area contributed by atoms with Crippen molar-refractivity contribution in [2.45, 2.75) is 19.3 Å². The number of pyridine rings is 1. The topological polar surface area (TPSA) is 29.3 Å². The molecule has 0 aliphatic heterocycles. The molecule has 0 atom stereocenters. The minimum Gasteiger partial charge on any atom is -0.464 e. The Morgan fingerprint density at radius 2 is 2.18 bits per heavy atom. The van der Waals surface area contributed by atoms with Crippen LogP contribution in [0.1, 0.15) is 19.3 Å². The highest BCUT2D eigenvalue weighted by Gasteiger charge is 2.08. The number of fused-ring (bicyclic) bond motifs is 1. The maximum atomic E-state index is 5.66. The van der Waals surface area contributed by atoms with Gasteiger partial charge in [0.05, 0.1) is 11.6 Å². The Morgan fingerprint density at radius 1 is 1.29 bits per heavy atom. The molecule has 0 bridgehead atoms. The summed E-state index contributed by atoms with van der Waals surface area (Å²) in [6.07, 6.45) is 6.88. The second-order valence-electron chi connectivity index (χ2n) is 4.14. The number of halogens is 1. The van der Waals surface area contributed by atoms with E-state index in [9.17, 15) is 0 Å². The van der Waals surface area contributed by atoms with Gasteiger partial charge in [-0.3, -0.25) is 0 Å². The molecule has 0 saturated carbocycles. The van der Waals surface area contributed by atoms with Crippen LogP contribution in [0, 0.1) is 0 Å². The van der Waals surface area contributed by atoms with Crippen LogP contribution in [0.15, 0.2) is 29.0 Å². The van der Waals surface area contributed by atoms with Crippen LogP contribution in [0.3, 0.4) is 0 Å². The summed E-state index contributed by atoms with van der Waals surface area (Å²) in [7, 11) is 2.06. The van der Waals surface area contributed by atoms with E-state index in [0.717, 1.165) is 48.5 Å². The van der Waals surface area contributed by atoms with Crippen molar-refractivity contribution in [3.8, 4) is 0 Å². The highest BCUT2D eigenvalue weighted by atomic mass is 35.5. The molecule has 0 N–H and O–H groups in total. The molecule has 2 aromatic heterocycles. The maximum absolute atomic E-state index is 5.66. The summed E-state index contributed by atoms with van der Waals surface area (Å²) in [6, 6.07) is 3.85. The highest BCUT2D eigenvalue weighted by molar-refractivity contribution is 6.17. The minimum atomic E-state index is 0.749. The second kappa shape index (κ2) is 5.92. The van der Waals surface area contributed by atoms with Crippen molar-refractivity contribution < 1.29 is 4.42 Å². The number of hydrogen-bond acceptors (Lipinski definition) is 3. The monoisotopic (exact) mass is 252 g/mol. The molecule has 0 unspecified atom stereocenters. The molecule has 0 amide bonds. The van der Waals surface area contributed by atoms with E-state index >= 15 is 0 Å². The summed E-state index contributed by atoms with van der Waals surface area (Å²) in [5.41, 5.74) is 0.891. The molecule has 17 heavy (non-hydrogen) atoms. The summed E-state index contributed by atoms with van der Waals surface area (Å²) in [5, 5.41) is 1.08. The van der Waals surface area contributed by atoms with Crippen molar-refractivity contribution in [3.63, 3.8) is 0 Å². The normalized spacial score (nSPS) is 10.9. The zero-order valence-electron chi connectivity index (χ0n) is 10.0. The first kappa shape index (κ1) is 12.2. The number of anilines is 1. The lowest BCUT2D eigenvalue weighted by Gasteiger charge is -2.18. The van der Waals surface area contributed by atoms with Crippen molar-refractivity contribution in [1.29, 1.82) is 0 Å². The van der Waals surface area contributed by atoms with Crippen LogP contribution >= 0.6 is 11.6 Å². The van der Waals surface area contributed by atoms with Crippen LogP contribution < -0.4 is 4.90 Å². The molecule has 0 saturated heterocycles. The number of rotatable bonds is 6. The fraction of sp³-hybridized carbons (Fsp3) is 0.462. The second-order valence-corrected chi connectivity index (χ2v) is 4.52. The standard InChI is InChI=1S/C13H17ClN2O/c1-16(9-4-2-3-7-14)13-11-6-10-17-12(11)5-8-15-13/h5-6,8,10H,2-4,7,9H2,1H3. The van der Waals surface area contributed by atoms with Crippen LogP contribution in [-0.2, 0) is 0 Å². The third-order valence-corrected chi connectivity index (χ3v) is 3.11. The molecular formula is C13H17ClN2O. The highest BCUT2D eigenvalue weighted by Crippen LogP contribution is 2.24. The molecule has 0 fully saturated rings. The largest absolute Gasteiger partial charge is 0.464 e. The Morgan fingerprint density at radius 3 is 3.00 bits per heavy atom. The first-order valence-electron chi connectivity index (χ1n) is 5.92. The van der Waals surface area contributed by atoms with Gasteiger partial charge in [0.2, 0.25) is 0 Å². The fourth-order valence-corrected chi connectivity index (χ4v) is 2.10. The average molecular weight is 253 g/mol. The molecule has 0 aromatic carbocycles. The van der Waals surface area contributed by atoms with Crippen molar-refractivity contribution in [3.05, 3.63) is 24.6 Å². The van der Waals surface area contributed by atoms with Gasteiger partial charge in [0, 0.05) is 25.7 Å². The molecule has 2 aromatic rings. The van der Waals surface area contributed by atoms with E-state index in [0.29, 0.717) is 0 Å². The van der Waals surface area contributed by atoms with Gasteiger partial charge in [0.15, 0.2) is 0 Å². The van der Waals surface area contributed by atoms with E-state index in [1.807, 2.05) is 12.1 Å². The van der Waals surface area contributed by atoms with Crippen molar-refractivity contribution in [2.24, 2.45) is 0 Å². The molecule has 0 aliphatic carbocycles. The molecule has 3 nitrogen and oxygen atoms in total. The Balaban J connectivity index is 2.03. The molecule has 0 radical (unpaired) electrons. The molecule has 0 aliphatic rings. The van der Waals surface area contributed by atoms with Gasteiger partial charge in [0.1, 0.15) is 11.4 Å². The van der Waals surface area contributed by atoms with Crippen molar-refractivity contribution in [2.75, 3.05) is 24.4 Å². The first-order chi connectivity index (χ1) is 8.33. The van der Waals surface area contributed by atoms with Crippen LogP contribution in [0.25, 0.3) is 11.0 Å². The lowest BCUT2D eigenvalue weighted by atomic mass is 10.2. The molecule has 92 valence electrons. The SMILES string of the molecule is CN(CCCCCCl)c1nccc2occc12. The number of unbranched alkanes of at least 4 members (excludes halogenated alkanes) is 2. The Kier molecular flexibility index (Phi) is 4.26. The van der Waals surface area contributed by atoms with E-state index < -0.39 is 0 Å². The molecule has 2 heterocycles. The summed E-state index contributed by atoms with van der Waals surface area (Å²) >= 11 is 5.66. The number of aromatic nitrogens is 1. The van der Waals surface area contributed by atoms with Crippen molar-refractivity contribution in [1.82, 2.24) is 4.98 Å². The van der Waals surface area contributed by atoms with Gasteiger partial charge in [-0.2, -0.15) is 0 Å². The Labute approximate surface area is 106 Å². The predicted octanol–water partition coefficient (Wildman–Crippen LogP) is 3.67.